The van der Waals surface area contributed by atoms with Crippen LogP contribution in [0.15, 0.2) is 57.7 Å². The molecule has 0 spiro atoms. The monoisotopic (exact) mass is 258 g/mol. The summed E-state index contributed by atoms with van der Waals surface area (Å²) in [6.45, 7) is 0. The molecule has 1 heterocycles. The lowest BCUT2D eigenvalue weighted by molar-refractivity contribution is 0.489. The van der Waals surface area contributed by atoms with Gasteiger partial charge in [-0.3, -0.25) is 0 Å². The summed E-state index contributed by atoms with van der Waals surface area (Å²) in [5.41, 5.74) is -0.364. The lowest BCUT2D eigenvalue weighted by atomic mass is 10.1. The Morgan fingerprint density at radius 1 is 0.895 bits per heavy atom. The van der Waals surface area contributed by atoms with E-state index in [1.165, 1.54) is 12.1 Å². The molecule has 94 valence electrons. The summed E-state index contributed by atoms with van der Waals surface area (Å²) in [5, 5.41) is -0.435. The molecule has 0 aliphatic carbocycles. The van der Waals surface area contributed by atoms with E-state index < -0.39 is 17.3 Å². The topological polar surface area (TPSA) is 30.2 Å². The molecule has 0 atom stereocenters. The summed E-state index contributed by atoms with van der Waals surface area (Å²) in [4.78, 5) is 11.8. The van der Waals surface area contributed by atoms with Crippen LogP contribution in [-0.2, 0) is 0 Å². The van der Waals surface area contributed by atoms with E-state index in [-0.39, 0.29) is 16.5 Å². The molecule has 0 radical (unpaired) electrons. The second-order valence-electron chi connectivity index (χ2n) is 4.06. The lowest BCUT2D eigenvalue weighted by Gasteiger charge is -2.05. The highest BCUT2D eigenvalue weighted by molar-refractivity contribution is 5.85. The number of halogens is 2. The minimum absolute atomic E-state index is 0.0998. The van der Waals surface area contributed by atoms with Gasteiger partial charge in [-0.15, -0.1) is 0 Å². The molecular weight excluding hydrogens is 250 g/mol. The Bertz CT molecular complexity index is 807. The third-order valence-electron chi connectivity index (χ3n) is 2.88. The highest BCUT2D eigenvalue weighted by atomic mass is 19.1. The van der Waals surface area contributed by atoms with Crippen molar-refractivity contribution in [3.8, 4) is 11.3 Å². The lowest BCUT2D eigenvalue weighted by Crippen LogP contribution is -2.04. The average molecular weight is 258 g/mol. The normalized spacial score (nSPS) is 10.8. The molecule has 1 aromatic heterocycles. The molecule has 0 fully saturated rings. The molecule has 0 saturated carbocycles. The average Bonchev–Trinajstić information content (AvgIpc) is 2.43. The van der Waals surface area contributed by atoms with Crippen molar-refractivity contribution < 1.29 is 13.2 Å². The molecule has 19 heavy (non-hydrogen) atoms. The van der Waals surface area contributed by atoms with Gasteiger partial charge in [0.15, 0.2) is 11.6 Å². The predicted molar refractivity (Wildman–Crippen MR) is 67.8 cm³/mol. The van der Waals surface area contributed by atoms with Gasteiger partial charge in [0.1, 0.15) is 5.82 Å². The van der Waals surface area contributed by atoms with Gasteiger partial charge in [-0.05, 0) is 12.1 Å². The Morgan fingerprint density at radius 2 is 1.63 bits per heavy atom. The van der Waals surface area contributed by atoms with Crippen LogP contribution in [0.1, 0.15) is 0 Å². The molecule has 0 aliphatic rings. The van der Waals surface area contributed by atoms with Gasteiger partial charge in [-0.1, -0.05) is 36.4 Å². The van der Waals surface area contributed by atoms with E-state index in [0.717, 1.165) is 6.07 Å². The summed E-state index contributed by atoms with van der Waals surface area (Å²) in [5.74, 6) is -1.89. The molecule has 3 aromatic rings. The van der Waals surface area contributed by atoms with Crippen LogP contribution in [0.3, 0.4) is 0 Å². The van der Waals surface area contributed by atoms with Crippen LogP contribution in [0.4, 0.5) is 8.78 Å². The molecule has 0 N–H and O–H groups in total. The zero-order valence-corrected chi connectivity index (χ0v) is 9.69. The SMILES string of the molecule is O=c1oc(-c2ccccc2)c(F)c2c(F)cccc12. The van der Waals surface area contributed by atoms with Gasteiger partial charge in [0, 0.05) is 5.56 Å². The van der Waals surface area contributed by atoms with E-state index in [4.69, 9.17) is 4.42 Å². The van der Waals surface area contributed by atoms with E-state index in [2.05, 4.69) is 0 Å². The molecule has 0 bridgehead atoms. The molecule has 3 rings (SSSR count). The fourth-order valence-corrected chi connectivity index (χ4v) is 2.00. The van der Waals surface area contributed by atoms with Crippen LogP contribution in [0.5, 0.6) is 0 Å². The molecule has 0 saturated heterocycles. The minimum atomic E-state index is -0.862. The van der Waals surface area contributed by atoms with Crippen LogP contribution >= 0.6 is 0 Å². The van der Waals surface area contributed by atoms with Gasteiger partial charge in [-0.2, -0.15) is 0 Å². The van der Waals surface area contributed by atoms with Crippen molar-refractivity contribution in [1.29, 1.82) is 0 Å². The van der Waals surface area contributed by atoms with Crippen LogP contribution < -0.4 is 5.63 Å². The summed E-state index contributed by atoms with van der Waals surface area (Å²) in [7, 11) is 0. The summed E-state index contributed by atoms with van der Waals surface area (Å²) in [6, 6.07) is 12.1. The van der Waals surface area contributed by atoms with Crippen molar-refractivity contribution in [3.63, 3.8) is 0 Å². The van der Waals surface area contributed by atoms with Gasteiger partial charge >= 0.3 is 5.63 Å². The van der Waals surface area contributed by atoms with Gasteiger partial charge in [0.25, 0.3) is 0 Å². The van der Waals surface area contributed by atoms with Gasteiger partial charge in [-0.25, -0.2) is 13.6 Å². The summed E-state index contributed by atoms with van der Waals surface area (Å²) < 4.78 is 33.0. The quantitative estimate of drug-likeness (QED) is 0.665. The number of fused-ring (bicyclic) bond motifs is 1. The standard InChI is InChI=1S/C15H8F2O2/c16-11-8-4-7-10-12(11)13(17)14(19-15(10)18)9-5-2-1-3-6-9/h1-8H. The van der Waals surface area contributed by atoms with Gasteiger partial charge < -0.3 is 4.42 Å². The third kappa shape index (κ3) is 1.81. The maximum Gasteiger partial charge on any atom is 0.344 e. The molecule has 2 nitrogen and oxygen atoms in total. The van der Waals surface area contributed by atoms with Crippen molar-refractivity contribution in [1.82, 2.24) is 0 Å². The molecule has 2 aromatic carbocycles. The van der Waals surface area contributed by atoms with Crippen LogP contribution in [0.25, 0.3) is 22.1 Å². The highest BCUT2D eigenvalue weighted by Crippen LogP contribution is 2.27. The Morgan fingerprint density at radius 3 is 2.37 bits per heavy atom. The van der Waals surface area contributed by atoms with Crippen molar-refractivity contribution in [3.05, 3.63) is 70.6 Å². The maximum atomic E-state index is 14.3. The maximum absolute atomic E-state index is 14.3. The zero-order chi connectivity index (χ0) is 13.4. The van der Waals surface area contributed by atoms with Crippen molar-refractivity contribution in [2.75, 3.05) is 0 Å². The van der Waals surface area contributed by atoms with E-state index >= 15 is 0 Å². The van der Waals surface area contributed by atoms with Crippen molar-refractivity contribution in [2.45, 2.75) is 0 Å². The fraction of sp³-hybridized carbons (Fsp3) is 0. The van der Waals surface area contributed by atoms with Crippen LogP contribution in [-0.4, -0.2) is 0 Å². The fourth-order valence-electron chi connectivity index (χ4n) is 2.00. The Kier molecular flexibility index (Phi) is 2.63. The van der Waals surface area contributed by atoms with E-state index in [9.17, 15) is 13.6 Å². The Labute approximate surface area is 106 Å². The van der Waals surface area contributed by atoms with Crippen molar-refractivity contribution in [2.24, 2.45) is 0 Å². The van der Waals surface area contributed by atoms with E-state index in [1.807, 2.05) is 0 Å². The molecule has 0 unspecified atom stereocenters. The smallest absolute Gasteiger partial charge is 0.344 e. The molecule has 4 heteroatoms. The van der Waals surface area contributed by atoms with E-state index in [0.29, 0.717) is 5.56 Å². The Balaban J connectivity index is 2.44. The van der Waals surface area contributed by atoms with Gasteiger partial charge in [0.05, 0.1) is 10.8 Å². The summed E-state index contributed by atoms with van der Waals surface area (Å²) in [6.07, 6.45) is 0. The van der Waals surface area contributed by atoms with Crippen LogP contribution in [0.2, 0.25) is 0 Å². The first kappa shape index (κ1) is 11.6. The van der Waals surface area contributed by atoms with E-state index in [1.54, 1.807) is 30.3 Å². The number of hydrogen-bond donors (Lipinski definition) is 0. The zero-order valence-electron chi connectivity index (χ0n) is 9.69. The first-order valence-electron chi connectivity index (χ1n) is 5.65. The van der Waals surface area contributed by atoms with Crippen LogP contribution in [0, 0.1) is 11.6 Å². The first-order chi connectivity index (χ1) is 9.18. The van der Waals surface area contributed by atoms with Gasteiger partial charge in [0.2, 0.25) is 0 Å². The van der Waals surface area contributed by atoms with Crippen molar-refractivity contribution >= 4 is 10.8 Å². The second-order valence-corrected chi connectivity index (χ2v) is 4.06. The highest BCUT2D eigenvalue weighted by Gasteiger charge is 2.17. The first-order valence-corrected chi connectivity index (χ1v) is 5.65. The number of hydrogen-bond acceptors (Lipinski definition) is 2. The molecule has 0 amide bonds. The second kappa shape index (κ2) is 4.31. The predicted octanol–water partition coefficient (Wildman–Crippen LogP) is 3.74. The number of rotatable bonds is 1. The minimum Gasteiger partial charge on any atom is -0.419 e. The Hall–Kier alpha value is -2.49. The molecule has 0 aliphatic heterocycles. The third-order valence-corrected chi connectivity index (χ3v) is 2.88. The largest absolute Gasteiger partial charge is 0.419 e. The summed E-state index contributed by atoms with van der Waals surface area (Å²) >= 11 is 0. The number of benzene rings is 2. The molecular formula is C15H8F2O2.